The second-order valence-corrected chi connectivity index (χ2v) is 8.90. The lowest BCUT2D eigenvalue weighted by molar-refractivity contribution is -0.117. The zero-order chi connectivity index (χ0) is 20.7. The van der Waals surface area contributed by atoms with Gasteiger partial charge >= 0.3 is 0 Å². The van der Waals surface area contributed by atoms with Crippen molar-refractivity contribution in [1.29, 1.82) is 0 Å². The van der Waals surface area contributed by atoms with Crippen LogP contribution in [0.15, 0.2) is 22.7 Å². The fourth-order valence-corrected chi connectivity index (χ4v) is 4.35. The molecule has 1 saturated heterocycles. The Morgan fingerprint density at radius 3 is 2.87 bits per heavy atom. The van der Waals surface area contributed by atoms with Gasteiger partial charge in [-0.05, 0) is 57.2 Å². The van der Waals surface area contributed by atoms with Gasteiger partial charge in [0.25, 0.3) is 0 Å². The molecule has 1 atom stereocenters. The lowest BCUT2D eigenvalue weighted by Crippen LogP contribution is -2.47. The summed E-state index contributed by atoms with van der Waals surface area (Å²) in [5.41, 5.74) is 0.965. The Balaban J connectivity index is 1.37. The van der Waals surface area contributed by atoms with Crippen LogP contribution in [-0.2, 0) is 4.79 Å². The lowest BCUT2D eigenvalue weighted by atomic mass is 10.00. The molecule has 1 unspecified atom stereocenters. The van der Waals surface area contributed by atoms with Crippen molar-refractivity contribution in [3.63, 3.8) is 0 Å². The summed E-state index contributed by atoms with van der Waals surface area (Å²) >= 11 is 1.32. The summed E-state index contributed by atoms with van der Waals surface area (Å²) in [5.74, 6) is 0.759. The second kappa shape index (κ2) is 7.75. The van der Waals surface area contributed by atoms with E-state index < -0.39 is 11.9 Å². The minimum Gasteiger partial charge on any atom is -0.357 e. The third-order valence-electron chi connectivity index (χ3n) is 5.45. The number of nitrogens with one attached hydrogen (secondary N) is 1. The molecule has 3 heterocycles. The monoisotopic (exact) mass is 428 g/mol. The SMILES string of the molecule is Cc1nnc(NC(=O)C2CCCCN2c2ccc(-c3noc(C4CC4)n3)cc2F)s1. The first-order valence-electron chi connectivity index (χ1n) is 10.1. The summed E-state index contributed by atoms with van der Waals surface area (Å²) in [7, 11) is 0. The van der Waals surface area contributed by atoms with Crippen LogP contribution in [0.5, 0.6) is 0 Å². The van der Waals surface area contributed by atoms with Gasteiger partial charge in [0.15, 0.2) is 0 Å². The van der Waals surface area contributed by atoms with E-state index in [1.807, 2.05) is 11.8 Å². The van der Waals surface area contributed by atoms with Crippen LogP contribution in [0.25, 0.3) is 11.4 Å². The Hall–Kier alpha value is -2.88. The molecule has 5 rings (SSSR count). The van der Waals surface area contributed by atoms with E-state index in [0.29, 0.717) is 47.0 Å². The van der Waals surface area contributed by atoms with Crippen molar-refractivity contribution >= 4 is 28.1 Å². The molecular formula is C20H21FN6O2S. The molecule has 1 aliphatic heterocycles. The van der Waals surface area contributed by atoms with Gasteiger partial charge < -0.3 is 9.42 Å². The van der Waals surface area contributed by atoms with Crippen LogP contribution in [0.4, 0.5) is 15.2 Å². The summed E-state index contributed by atoms with van der Waals surface area (Å²) in [6.45, 7) is 2.44. The van der Waals surface area contributed by atoms with E-state index in [-0.39, 0.29) is 5.91 Å². The molecule has 3 aromatic rings. The number of aryl methyl sites for hydroxylation is 1. The molecule has 1 aliphatic carbocycles. The van der Waals surface area contributed by atoms with Gasteiger partial charge in [-0.25, -0.2) is 4.39 Å². The zero-order valence-electron chi connectivity index (χ0n) is 16.5. The van der Waals surface area contributed by atoms with E-state index in [1.165, 1.54) is 17.4 Å². The maximum atomic E-state index is 15.1. The van der Waals surface area contributed by atoms with E-state index in [1.54, 1.807) is 12.1 Å². The van der Waals surface area contributed by atoms with E-state index >= 15 is 4.39 Å². The van der Waals surface area contributed by atoms with Crippen molar-refractivity contribution in [1.82, 2.24) is 20.3 Å². The first-order chi connectivity index (χ1) is 14.6. The highest BCUT2D eigenvalue weighted by atomic mass is 32.1. The summed E-state index contributed by atoms with van der Waals surface area (Å²) in [5, 5.41) is 15.9. The normalized spacial score (nSPS) is 19.1. The van der Waals surface area contributed by atoms with E-state index in [2.05, 4.69) is 25.7 Å². The molecule has 2 aliphatic rings. The lowest BCUT2D eigenvalue weighted by Gasteiger charge is -2.36. The topological polar surface area (TPSA) is 97.0 Å². The number of hydrogen-bond acceptors (Lipinski definition) is 8. The number of amides is 1. The largest absolute Gasteiger partial charge is 0.357 e. The van der Waals surface area contributed by atoms with Crippen LogP contribution in [0.1, 0.15) is 48.9 Å². The highest BCUT2D eigenvalue weighted by Gasteiger charge is 2.32. The molecule has 2 fully saturated rings. The van der Waals surface area contributed by atoms with Crippen molar-refractivity contribution in [3.05, 3.63) is 34.9 Å². The number of piperidine rings is 1. The van der Waals surface area contributed by atoms with Crippen LogP contribution in [0.3, 0.4) is 0 Å². The molecule has 1 N–H and O–H groups in total. The molecule has 30 heavy (non-hydrogen) atoms. The van der Waals surface area contributed by atoms with Gasteiger partial charge in [-0.1, -0.05) is 16.5 Å². The first-order valence-corrected chi connectivity index (χ1v) is 10.9. The first kappa shape index (κ1) is 19.1. The predicted molar refractivity (Wildman–Crippen MR) is 110 cm³/mol. The van der Waals surface area contributed by atoms with Crippen molar-refractivity contribution < 1.29 is 13.7 Å². The quantitative estimate of drug-likeness (QED) is 0.658. The van der Waals surface area contributed by atoms with Crippen LogP contribution >= 0.6 is 11.3 Å². The van der Waals surface area contributed by atoms with Crippen molar-refractivity contribution in [2.45, 2.75) is 51.0 Å². The molecule has 0 radical (unpaired) electrons. The summed E-state index contributed by atoms with van der Waals surface area (Å²) < 4.78 is 20.4. The van der Waals surface area contributed by atoms with E-state index in [9.17, 15) is 4.79 Å². The highest BCUT2D eigenvalue weighted by Crippen LogP contribution is 2.39. The van der Waals surface area contributed by atoms with Crippen LogP contribution < -0.4 is 10.2 Å². The minimum absolute atomic E-state index is 0.193. The van der Waals surface area contributed by atoms with Gasteiger partial charge in [-0.15, -0.1) is 10.2 Å². The van der Waals surface area contributed by atoms with Crippen LogP contribution in [-0.4, -0.2) is 38.8 Å². The highest BCUT2D eigenvalue weighted by molar-refractivity contribution is 7.15. The van der Waals surface area contributed by atoms with Gasteiger partial charge in [0.1, 0.15) is 16.9 Å². The number of carbonyl (C=O) groups is 1. The van der Waals surface area contributed by atoms with Crippen molar-refractivity contribution in [3.8, 4) is 11.4 Å². The van der Waals surface area contributed by atoms with Gasteiger partial charge in [-0.3, -0.25) is 10.1 Å². The fraction of sp³-hybridized carbons (Fsp3) is 0.450. The molecule has 2 aromatic heterocycles. The number of hydrogen-bond donors (Lipinski definition) is 1. The molecule has 10 heteroatoms. The Morgan fingerprint density at radius 2 is 2.13 bits per heavy atom. The molecule has 1 amide bonds. The molecule has 1 aromatic carbocycles. The predicted octanol–water partition coefficient (Wildman–Crippen LogP) is 3.91. The Bertz CT molecular complexity index is 1080. The summed E-state index contributed by atoms with van der Waals surface area (Å²) in [6, 6.07) is 4.42. The van der Waals surface area contributed by atoms with Gasteiger partial charge in [-0.2, -0.15) is 4.98 Å². The number of aromatic nitrogens is 4. The van der Waals surface area contributed by atoms with Gasteiger partial charge in [0.05, 0.1) is 5.69 Å². The third kappa shape index (κ3) is 3.79. The average molecular weight is 428 g/mol. The molecule has 156 valence electrons. The smallest absolute Gasteiger partial charge is 0.248 e. The number of anilines is 2. The number of rotatable bonds is 5. The summed E-state index contributed by atoms with van der Waals surface area (Å²) in [4.78, 5) is 19.1. The molecule has 1 saturated carbocycles. The second-order valence-electron chi connectivity index (χ2n) is 7.72. The maximum absolute atomic E-state index is 15.1. The molecular weight excluding hydrogens is 407 g/mol. The standard InChI is InChI=1S/C20H21FN6O2S/c1-11-24-25-20(30-11)23-18(28)16-4-2-3-9-27(16)15-8-7-13(10-14(15)21)17-22-19(29-26-17)12-5-6-12/h7-8,10,12,16H,2-6,9H2,1H3,(H,23,25,28). The van der Waals surface area contributed by atoms with Gasteiger partial charge in [0, 0.05) is 18.0 Å². The van der Waals surface area contributed by atoms with Crippen molar-refractivity contribution in [2.24, 2.45) is 0 Å². The van der Waals surface area contributed by atoms with Crippen molar-refractivity contribution in [2.75, 3.05) is 16.8 Å². The molecule has 8 nitrogen and oxygen atoms in total. The fourth-order valence-electron chi connectivity index (χ4n) is 3.76. The number of carbonyl (C=O) groups excluding carboxylic acids is 1. The van der Waals surface area contributed by atoms with Crippen LogP contribution in [0, 0.1) is 12.7 Å². The molecule has 0 bridgehead atoms. The minimum atomic E-state index is -0.463. The van der Waals surface area contributed by atoms with Gasteiger partial charge in [0.2, 0.25) is 22.8 Å². The Morgan fingerprint density at radius 1 is 1.27 bits per heavy atom. The van der Waals surface area contributed by atoms with E-state index in [4.69, 9.17) is 4.52 Å². The third-order valence-corrected chi connectivity index (χ3v) is 6.20. The zero-order valence-corrected chi connectivity index (χ0v) is 17.3. The van der Waals surface area contributed by atoms with E-state index in [0.717, 1.165) is 30.7 Å². The molecule has 0 spiro atoms. The summed E-state index contributed by atoms with van der Waals surface area (Å²) in [6.07, 6.45) is 4.59. The Kier molecular flexibility index (Phi) is 4.93. The average Bonchev–Trinajstić information content (AvgIpc) is 3.33. The Labute approximate surface area is 176 Å². The number of halogens is 1. The number of nitrogens with zero attached hydrogens (tertiary/aromatic N) is 5. The van der Waals surface area contributed by atoms with Crippen LogP contribution in [0.2, 0.25) is 0 Å². The maximum Gasteiger partial charge on any atom is 0.248 e. The number of benzene rings is 1.